The van der Waals surface area contributed by atoms with Crippen molar-refractivity contribution < 1.29 is 9.59 Å². The molecule has 0 N–H and O–H groups in total. The Morgan fingerprint density at radius 2 is 1.31 bits per heavy atom. The molecule has 1 saturated heterocycles. The van der Waals surface area contributed by atoms with E-state index in [0.29, 0.717) is 19.4 Å². The number of imide groups is 1. The monoisotopic (exact) mass is 225 g/mol. The molecular weight excluding hydrogens is 202 g/mol. The second kappa shape index (κ2) is 7.42. The lowest BCUT2D eigenvalue weighted by Gasteiger charge is -2.19. The first-order chi connectivity index (χ1) is 7.75. The van der Waals surface area contributed by atoms with Gasteiger partial charge in [-0.2, -0.15) is 0 Å². The third-order valence-corrected chi connectivity index (χ3v) is 3.08. The Bertz CT molecular complexity index is 216. The molecule has 1 heterocycles. The quantitative estimate of drug-likeness (QED) is 0.678. The first kappa shape index (κ1) is 13.2. The van der Waals surface area contributed by atoms with Gasteiger partial charge in [0.15, 0.2) is 0 Å². The van der Waals surface area contributed by atoms with Crippen molar-refractivity contribution in [3.05, 3.63) is 0 Å². The molecule has 0 bridgehead atoms. The predicted molar refractivity (Wildman–Crippen MR) is 63.9 cm³/mol. The van der Waals surface area contributed by atoms with Crippen LogP contribution < -0.4 is 0 Å². The van der Waals surface area contributed by atoms with E-state index in [1.807, 2.05) is 6.92 Å². The van der Waals surface area contributed by atoms with Crippen LogP contribution in [-0.2, 0) is 9.59 Å². The van der Waals surface area contributed by atoms with Crippen LogP contribution in [0.5, 0.6) is 0 Å². The highest BCUT2D eigenvalue weighted by Crippen LogP contribution is 2.13. The van der Waals surface area contributed by atoms with Crippen LogP contribution in [0.15, 0.2) is 0 Å². The lowest BCUT2D eigenvalue weighted by Crippen LogP contribution is -2.37. The summed E-state index contributed by atoms with van der Waals surface area (Å²) < 4.78 is 0. The number of nitrogens with zero attached hydrogens (tertiary/aromatic N) is 1. The fourth-order valence-electron chi connectivity index (χ4n) is 2.14. The van der Waals surface area contributed by atoms with Gasteiger partial charge in [-0.3, -0.25) is 14.5 Å². The van der Waals surface area contributed by atoms with Gasteiger partial charge in [0.05, 0.1) is 0 Å². The maximum atomic E-state index is 11.8. The number of carbonyl (C=O) groups is 2. The number of carbonyl (C=O) groups excluding carboxylic acids is 2. The molecular formula is C13H23NO2. The molecule has 1 fully saturated rings. The Labute approximate surface area is 98.2 Å². The van der Waals surface area contributed by atoms with Crippen molar-refractivity contribution >= 4 is 11.8 Å². The summed E-state index contributed by atoms with van der Waals surface area (Å²) in [6, 6.07) is 0. The smallest absolute Gasteiger partial charge is 0.229 e. The van der Waals surface area contributed by atoms with Gasteiger partial charge >= 0.3 is 0 Å². The molecule has 0 aromatic carbocycles. The molecule has 0 aliphatic carbocycles. The van der Waals surface area contributed by atoms with Gasteiger partial charge < -0.3 is 0 Å². The maximum Gasteiger partial charge on any atom is 0.229 e. The predicted octanol–water partition coefficient (Wildman–Crippen LogP) is 2.89. The molecule has 0 saturated carbocycles. The first-order valence-electron chi connectivity index (χ1n) is 6.59. The van der Waals surface area contributed by atoms with Gasteiger partial charge in [-0.05, 0) is 19.3 Å². The van der Waals surface area contributed by atoms with E-state index in [1.54, 1.807) is 0 Å². The van der Waals surface area contributed by atoms with Crippen LogP contribution in [0.25, 0.3) is 0 Å². The summed E-state index contributed by atoms with van der Waals surface area (Å²) in [4.78, 5) is 25.2. The maximum absolute atomic E-state index is 11.8. The SMILES string of the molecule is CCCN1C(=O)CCCCCCCCC1=O. The van der Waals surface area contributed by atoms with Crippen molar-refractivity contribution in [1.82, 2.24) is 4.90 Å². The van der Waals surface area contributed by atoms with Gasteiger partial charge in [0, 0.05) is 19.4 Å². The average molecular weight is 225 g/mol. The zero-order chi connectivity index (χ0) is 11.8. The van der Waals surface area contributed by atoms with Crippen molar-refractivity contribution in [2.24, 2.45) is 0 Å². The number of rotatable bonds is 2. The lowest BCUT2D eigenvalue weighted by molar-refractivity contribution is -0.145. The molecule has 16 heavy (non-hydrogen) atoms. The number of amides is 2. The fraction of sp³-hybridized carbons (Fsp3) is 0.846. The molecule has 0 unspecified atom stereocenters. The van der Waals surface area contributed by atoms with Crippen molar-refractivity contribution in [2.45, 2.75) is 64.7 Å². The highest BCUT2D eigenvalue weighted by molar-refractivity contribution is 5.95. The summed E-state index contributed by atoms with van der Waals surface area (Å²) in [6.07, 6.45) is 8.48. The third-order valence-electron chi connectivity index (χ3n) is 3.08. The summed E-state index contributed by atoms with van der Waals surface area (Å²) in [7, 11) is 0. The zero-order valence-corrected chi connectivity index (χ0v) is 10.3. The molecule has 1 aliphatic heterocycles. The van der Waals surface area contributed by atoms with Crippen LogP contribution in [0.4, 0.5) is 0 Å². The van der Waals surface area contributed by atoms with E-state index in [0.717, 1.165) is 32.1 Å². The van der Waals surface area contributed by atoms with Gasteiger partial charge in [0.2, 0.25) is 11.8 Å². The molecule has 2 amide bonds. The Kier molecular flexibility index (Phi) is 6.12. The van der Waals surface area contributed by atoms with Crippen molar-refractivity contribution in [3.63, 3.8) is 0 Å². The Morgan fingerprint density at radius 1 is 0.875 bits per heavy atom. The molecule has 3 nitrogen and oxygen atoms in total. The van der Waals surface area contributed by atoms with Crippen LogP contribution in [-0.4, -0.2) is 23.3 Å². The minimum Gasteiger partial charge on any atom is -0.283 e. The minimum atomic E-state index is 0.0359. The van der Waals surface area contributed by atoms with Crippen LogP contribution >= 0.6 is 0 Å². The highest BCUT2D eigenvalue weighted by atomic mass is 16.2. The van der Waals surface area contributed by atoms with Gasteiger partial charge in [0.1, 0.15) is 0 Å². The Morgan fingerprint density at radius 3 is 1.75 bits per heavy atom. The largest absolute Gasteiger partial charge is 0.283 e. The minimum absolute atomic E-state index is 0.0359. The zero-order valence-electron chi connectivity index (χ0n) is 10.3. The molecule has 0 spiro atoms. The van der Waals surface area contributed by atoms with Gasteiger partial charge in [-0.25, -0.2) is 0 Å². The second-order valence-corrected chi connectivity index (χ2v) is 4.56. The van der Waals surface area contributed by atoms with Crippen molar-refractivity contribution in [2.75, 3.05) is 6.54 Å². The van der Waals surface area contributed by atoms with Crippen molar-refractivity contribution in [1.29, 1.82) is 0 Å². The lowest BCUT2D eigenvalue weighted by atomic mass is 10.1. The molecule has 0 aromatic heterocycles. The van der Waals surface area contributed by atoms with E-state index in [2.05, 4.69) is 0 Å². The van der Waals surface area contributed by atoms with Crippen LogP contribution in [0.1, 0.15) is 64.7 Å². The van der Waals surface area contributed by atoms with Gasteiger partial charge in [-0.1, -0.05) is 32.6 Å². The van der Waals surface area contributed by atoms with Crippen LogP contribution in [0.2, 0.25) is 0 Å². The van der Waals surface area contributed by atoms with Crippen LogP contribution in [0, 0.1) is 0 Å². The molecule has 0 atom stereocenters. The molecule has 0 aromatic rings. The summed E-state index contributed by atoms with van der Waals surface area (Å²) in [5.41, 5.74) is 0. The van der Waals surface area contributed by atoms with E-state index in [4.69, 9.17) is 0 Å². The van der Waals surface area contributed by atoms with E-state index in [9.17, 15) is 9.59 Å². The molecule has 1 rings (SSSR count). The van der Waals surface area contributed by atoms with E-state index < -0.39 is 0 Å². The van der Waals surface area contributed by atoms with Gasteiger partial charge in [-0.15, -0.1) is 0 Å². The van der Waals surface area contributed by atoms with Crippen LogP contribution in [0.3, 0.4) is 0 Å². The molecule has 92 valence electrons. The Hall–Kier alpha value is -0.860. The highest BCUT2D eigenvalue weighted by Gasteiger charge is 2.19. The number of hydrogen-bond donors (Lipinski definition) is 0. The molecule has 3 heteroatoms. The summed E-state index contributed by atoms with van der Waals surface area (Å²) in [5.74, 6) is 0.0718. The normalized spacial score (nSPS) is 20.7. The third kappa shape index (κ3) is 4.33. The number of hydrogen-bond acceptors (Lipinski definition) is 2. The Balaban J connectivity index is 2.58. The van der Waals surface area contributed by atoms with E-state index >= 15 is 0 Å². The second-order valence-electron chi connectivity index (χ2n) is 4.56. The first-order valence-corrected chi connectivity index (χ1v) is 6.59. The molecule has 0 radical (unpaired) electrons. The molecule has 1 aliphatic rings. The summed E-state index contributed by atoms with van der Waals surface area (Å²) in [5, 5.41) is 0. The van der Waals surface area contributed by atoms with Crippen molar-refractivity contribution in [3.8, 4) is 0 Å². The standard InChI is InChI=1S/C13H23NO2/c1-2-11-14-12(15)9-7-5-3-4-6-8-10-13(14)16/h2-11H2,1H3. The fourth-order valence-corrected chi connectivity index (χ4v) is 2.14. The summed E-state index contributed by atoms with van der Waals surface area (Å²) in [6.45, 7) is 2.60. The topological polar surface area (TPSA) is 37.4 Å². The summed E-state index contributed by atoms with van der Waals surface area (Å²) >= 11 is 0. The van der Waals surface area contributed by atoms with E-state index in [-0.39, 0.29) is 11.8 Å². The van der Waals surface area contributed by atoms with E-state index in [1.165, 1.54) is 17.7 Å². The van der Waals surface area contributed by atoms with Gasteiger partial charge in [0.25, 0.3) is 0 Å². The average Bonchev–Trinajstić information content (AvgIpc) is 2.30.